The van der Waals surface area contributed by atoms with Crippen molar-refractivity contribution < 1.29 is 48.0 Å². The van der Waals surface area contributed by atoms with Gasteiger partial charge in [-0.3, -0.25) is 33.6 Å². The van der Waals surface area contributed by atoms with Gasteiger partial charge in [-0.1, -0.05) is 63.6 Å². The molecule has 2 bridgehead atoms. The lowest BCUT2D eigenvalue weighted by atomic mass is 9.43. The number of primary amides is 1. The molecular formula is C50H75BN8O10. The SMILES string of the molecule is CCCCc1ccc(-c2ccc(C(=O)NCCC(=O)N[C@@H](CCCCN)C(=O)N(C)[C@H](C(=O)N[C@@H](C)C(=O)N[C@@H](CC(N)=O)C(=O)N[C@@H](C)B3OC4C[C@@H]5C[C@@H](C5(C)C)[C@]4(C)O3)[C@@H](C)O)cc2)cc1. The second-order valence-electron chi connectivity index (χ2n) is 20.0. The molecule has 4 aliphatic rings. The predicted molar refractivity (Wildman–Crippen MR) is 262 cm³/mol. The number of hydrogen-bond donors (Lipinski definition) is 8. The van der Waals surface area contributed by atoms with Crippen molar-refractivity contribution in [2.45, 2.75) is 161 Å². The smallest absolute Gasteiger partial charge is 0.404 e. The highest BCUT2D eigenvalue weighted by molar-refractivity contribution is 6.47. The number of nitrogens with two attached hydrogens (primary N) is 2. The van der Waals surface area contributed by atoms with Gasteiger partial charge in [-0.05, 0) is 125 Å². The first-order chi connectivity index (χ1) is 32.6. The zero-order chi connectivity index (χ0) is 50.8. The number of benzene rings is 2. The Balaban J connectivity index is 1.13. The summed E-state index contributed by atoms with van der Waals surface area (Å²) >= 11 is 0. The molecule has 1 aliphatic heterocycles. The molecular weight excluding hydrogens is 883 g/mol. The number of rotatable bonds is 25. The van der Waals surface area contributed by atoms with Gasteiger partial charge in [0.2, 0.25) is 35.4 Å². The fraction of sp³-hybridized carbons (Fsp3) is 0.620. The summed E-state index contributed by atoms with van der Waals surface area (Å²) < 4.78 is 12.8. The predicted octanol–water partition coefficient (Wildman–Crippen LogP) is 2.27. The molecule has 3 aliphatic carbocycles. The van der Waals surface area contributed by atoms with Crippen LogP contribution in [0.1, 0.15) is 122 Å². The number of aryl methyl sites for hydroxylation is 1. The third-order valence-electron chi connectivity index (χ3n) is 14.5. The molecule has 2 aromatic carbocycles. The first-order valence-corrected chi connectivity index (χ1v) is 24.6. The van der Waals surface area contributed by atoms with E-state index in [-0.39, 0.29) is 36.8 Å². The molecule has 10 N–H and O–H groups in total. The van der Waals surface area contributed by atoms with Crippen LogP contribution in [0.5, 0.6) is 0 Å². The number of nitrogens with zero attached hydrogens (tertiary/aromatic N) is 1. The summed E-state index contributed by atoms with van der Waals surface area (Å²) in [4.78, 5) is 94.0. The van der Waals surface area contributed by atoms with Crippen LogP contribution >= 0.6 is 0 Å². The largest absolute Gasteiger partial charge is 0.481 e. The van der Waals surface area contributed by atoms with Crippen LogP contribution in [0.15, 0.2) is 48.5 Å². The number of amides is 7. The second kappa shape index (κ2) is 24.0. The first-order valence-electron chi connectivity index (χ1n) is 24.6. The van der Waals surface area contributed by atoms with E-state index >= 15 is 0 Å². The van der Waals surface area contributed by atoms with E-state index in [4.69, 9.17) is 20.8 Å². The standard InChI is InChI=1S/C50H75BN8O10/c1-9-10-13-32-15-17-33(18-16-32)34-19-21-35(22-20-34)45(64)54-25-23-42(62)57-37(14-11-12-24-52)48(67)59(8)43(30(3)60)47(66)55-29(2)44(63)58-38(28-41(53)61)46(65)56-31(4)51-68-40-27-36-26-39(49(36,5)6)50(40,7)69-51/h15-22,29-31,36-40,43,60H,9-14,23-28,52H2,1-8H3,(H2,53,61)(H,54,64)(H,55,66)(H,56,65)(H,57,62)(H,58,63)/t29-,30+,31-,36-,37-,38-,39-,40?,43-,50-/m0/s1. The van der Waals surface area contributed by atoms with Gasteiger partial charge in [0.05, 0.1) is 30.2 Å². The molecule has 1 saturated heterocycles. The minimum atomic E-state index is -1.52. The Hall–Kier alpha value is -5.37. The van der Waals surface area contributed by atoms with Crippen LogP contribution in [-0.2, 0) is 44.5 Å². The summed E-state index contributed by atoms with van der Waals surface area (Å²) in [5.41, 5.74) is 14.5. The van der Waals surface area contributed by atoms with E-state index in [1.54, 1.807) is 19.1 Å². The molecule has 0 radical (unpaired) electrons. The number of aliphatic hydroxyl groups excluding tert-OH is 1. The fourth-order valence-corrected chi connectivity index (χ4v) is 10.1. The molecule has 1 unspecified atom stereocenters. The first kappa shape index (κ1) is 54.6. The van der Waals surface area contributed by atoms with Crippen molar-refractivity contribution in [2.24, 2.45) is 28.7 Å². The van der Waals surface area contributed by atoms with E-state index in [1.807, 2.05) is 12.1 Å². The Morgan fingerprint density at radius 1 is 0.841 bits per heavy atom. The summed E-state index contributed by atoms with van der Waals surface area (Å²) in [6, 6.07) is 10.2. The summed E-state index contributed by atoms with van der Waals surface area (Å²) in [6.07, 6.45) is 4.10. The number of nitrogens with one attached hydrogen (secondary N) is 5. The molecule has 0 spiro atoms. The molecule has 10 atom stereocenters. The number of likely N-dealkylation sites (N-methyl/N-ethyl adjacent to an activating group) is 1. The van der Waals surface area contributed by atoms with Crippen molar-refractivity contribution in [3.8, 4) is 11.1 Å². The van der Waals surface area contributed by atoms with E-state index in [2.05, 4.69) is 78.5 Å². The van der Waals surface area contributed by atoms with Crippen molar-refractivity contribution in [1.82, 2.24) is 31.5 Å². The van der Waals surface area contributed by atoms with E-state index in [0.29, 0.717) is 36.8 Å². The average molecular weight is 959 g/mol. The maximum atomic E-state index is 14.0. The highest BCUT2D eigenvalue weighted by atomic mass is 16.7. The number of hydrogen-bond acceptors (Lipinski definition) is 11. The van der Waals surface area contributed by atoms with E-state index in [0.717, 1.165) is 48.1 Å². The number of aliphatic hydroxyl groups is 1. The molecule has 4 fully saturated rings. The number of carbonyl (C=O) groups is 7. The Bertz CT molecular complexity index is 2140. The monoisotopic (exact) mass is 959 g/mol. The van der Waals surface area contributed by atoms with Gasteiger partial charge in [0.15, 0.2) is 0 Å². The van der Waals surface area contributed by atoms with Crippen LogP contribution in [0.3, 0.4) is 0 Å². The number of carbonyl (C=O) groups excluding carboxylic acids is 7. The molecule has 19 heteroatoms. The third-order valence-corrected chi connectivity index (χ3v) is 14.5. The molecule has 3 saturated carbocycles. The van der Waals surface area contributed by atoms with Crippen LogP contribution in [0, 0.1) is 17.3 Å². The highest BCUT2D eigenvalue weighted by Gasteiger charge is 2.68. The Morgan fingerprint density at radius 3 is 2.09 bits per heavy atom. The van der Waals surface area contributed by atoms with Crippen LogP contribution in [0.4, 0.5) is 0 Å². The van der Waals surface area contributed by atoms with Gasteiger partial charge in [0.1, 0.15) is 24.2 Å². The summed E-state index contributed by atoms with van der Waals surface area (Å²) in [7, 11) is 0.533. The molecule has 1 heterocycles. The van der Waals surface area contributed by atoms with Crippen molar-refractivity contribution >= 4 is 48.5 Å². The van der Waals surface area contributed by atoms with Gasteiger partial charge < -0.3 is 57.4 Å². The summed E-state index contributed by atoms with van der Waals surface area (Å²) in [5.74, 6) is -4.74. The second-order valence-corrected chi connectivity index (χ2v) is 20.0. The maximum absolute atomic E-state index is 14.0. The Kier molecular flexibility index (Phi) is 19.0. The topological polar surface area (TPSA) is 274 Å². The van der Waals surface area contributed by atoms with Gasteiger partial charge in [-0.25, -0.2) is 0 Å². The van der Waals surface area contributed by atoms with Gasteiger partial charge in [-0.2, -0.15) is 0 Å². The maximum Gasteiger partial charge on any atom is 0.481 e. The Labute approximate surface area is 407 Å². The van der Waals surface area contributed by atoms with Crippen LogP contribution in [-0.4, -0.2) is 127 Å². The molecule has 2 aromatic rings. The zero-order valence-corrected chi connectivity index (χ0v) is 41.6. The summed E-state index contributed by atoms with van der Waals surface area (Å²) in [5, 5.41) is 24.0. The van der Waals surface area contributed by atoms with Crippen molar-refractivity contribution in [3.05, 3.63) is 59.7 Å². The Morgan fingerprint density at radius 2 is 1.49 bits per heavy atom. The lowest BCUT2D eigenvalue weighted by Crippen LogP contribution is -2.65. The number of unbranched alkanes of at least 4 members (excludes halogenated alkanes) is 2. The lowest BCUT2D eigenvalue weighted by Gasteiger charge is -2.64. The molecule has 6 rings (SSSR count). The van der Waals surface area contributed by atoms with Crippen LogP contribution in [0.2, 0.25) is 0 Å². The minimum Gasteiger partial charge on any atom is -0.404 e. The molecule has 69 heavy (non-hydrogen) atoms. The van der Waals surface area contributed by atoms with Crippen molar-refractivity contribution in [2.75, 3.05) is 20.1 Å². The average Bonchev–Trinajstić information content (AvgIpc) is 3.67. The van der Waals surface area contributed by atoms with E-state index in [1.165, 1.54) is 26.5 Å². The summed E-state index contributed by atoms with van der Waals surface area (Å²) in [6.45, 7) is 13.4. The molecule has 0 aromatic heterocycles. The van der Waals surface area contributed by atoms with Gasteiger partial charge in [0.25, 0.3) is 5.91 Å². The third kappa shape index (κ3) is 13.5. The normalized spacial score (nSPS) is 22.5. The van der Waals surface area contributed by atoms with Crippen molar-refractivity contribution in [1.29, 1.82) is 0 Å². The van der Waals surface area contributed by atoms with Gasteiger partial charge >= 0.3 is 7.12 Å². The zero-order valence-electron chi connectivity index (χ0n) is 41.6. The van der Waals surface area contributed by atoms with Crippen LogP contribution < -0.4 is 38.1 Å². The van der Waals surface area contributed by atoms with E-state index < -0.39 is 90.8 Å². The highest BCUT2D eigenvalue weighted by Crippen LogP contribution is 2.65. The van der Waals surface area contributed by atoms with E-state index in [9.17, 15) is 38.7 Å². The molecule has 378 valence electrons. The fourth-order valence-electron chi connectivity index (χ4n) is 10.1. The van der Waals surface area contributed by atoms with Gasteiger partial charge in [0, 0.05) is 25.6 Å². The molecule has 7 amide bonds. The van der Waals surface area contributed by atoms with Crippen molar-refractivity contribution in [3.63, 3.8) is 0 Å². The van der Waals surface area contributed by atoms with Crippen LogP contribution in [0.25, 0.3) is 11.1 Å². The quantitative estimate of drug-likeness (QED) is 0.0528. The minimum absolute atomic E-state index is 0.0204. The molecule has 18 nitrogen and oxygen atoms in total. The lowest BCUT2D eigenvalue weighted by molar-refractivity contribution is -0.199. The van der Waals surface area contributed by atoms with Gasteiger partial charge in [-0.15, -0.1) is 0 Å².